The summed E-state index contributed by atoms with van der Waals surface area (Å²) < 4.78 is 10.1. The molecule has 0 atom stereocenters. The largest absolute Gasteiger partial charge is 0.465 e. The fourth-order valence-corrected chi connectivity index (χ4v) is 2.13. The smallest absolute Gasteiger partial charge is 0.323 e. The second-order valence-electron chi connectivity index (χ2n) is 5.29. The Labute approximate surface area is 123 Å². The predicted molar refractivity (Wildman–Crippen MR) is 79.4 cm³/mol. The van der Waals surface area contributed by atoms with Crippen molar-refractivity contribution in [3.63, 3.8) is 0 Å². The molecule has 0 bridgehead atoms. The number of unbranched alkanes of at least 4 members (excludes halogenated alkanes) is 5. The van der Waals surface area contributed by atoms with E-state index in [0.717, 1.165) is 19.3 Å². The van der Waals surface area contributed by atoms with Crippen LogP contribution in [0.3, 0.4) is 0 Å². The van der Waals surface area contributed by atoms with Crippen molar-refractivity contribution >= 4 is 11.9 Å². The SMILES string of the molecule is CCCCCCCCC(C)(C(=O)OCC)C(=O)OCC. The van der Waals surface area contributed by atoms with E-state index in [1.54, 1.807) is 20.8 Å². The summed E-state index contributed by atoms with van der Waals surface area (Å²) in [5.74, 6) is -0.931. The van der Waals surface area contributed by atoms with E-state index in [-0.39, 0.29) is 13.2 Å². The first-order chi connectivity index (χ1) is 9.52. The molecule has 0 aliphatic heterocycles. The molecule has 0 heterocycles. The molecule has 118 valence electrons. The normalized spacial score (nSPS) is 11.2. The van der Waals surface area contributed by atoms with Crippen molar-refractivity contribution in [3.8, 4) is 0 Å². The number of ether oxygens (including phenoxy) is 2. The van der Waals surface area contributed by atoms with Gasteiger partial charge >= 0.3 is 11.9 Å². The molecule has 0 amide bonds. The van der Waals surface area contributed by atoms with Gasteiger partial charge in [0.2, 0.25) is 0 Å². The van der Waals surface area contributed by atoms with Crippen LogP contribution in [0.4, 0.5) is 0 Å². The quantitative estimate of drug-likeness (QED) is 0.329. The lowest BCUT2D eigenvalue weighted by atomic mass is 9.84. The van der Waals surface area contributed by atoms with E-state index in [1.165, 1.54) is 19.3 Å². The molecule has 0 saturated carbocycles. The Kier molecular flexibility index (Phi) is 10.1. The first-order valence-corrected chi connectivity index (χ1v) is 7.87. The maximum absolute atomic E-state index is 12.0. The highest BCUT2D eigenvalue weighted by atomic mass is 16.6. The molecular weight excluding hydrogens is 256 g/mol. The van der Waals surface area contributed by atoms with Crippen LogP contribution in [0.25, 0.3) is 0 Å². The van der Waals surface area contributed by atoms with Crippen LogP contribution in [-0.2, 0) is 19.1 Å². The summed E-state index contributed by atoms with van der Waals surface area (Å²) in [6.07, 6.45) is 7.20. The highest BCUT2D eigenvalue weighted by molar-refractivity contribution is 5.99. The second kappa shape index (κ2) is 10.7. The zero-order chi connectivity index (χ0) is 15.4. The van der Waals surface area contributed by atoms with Crippen LogP contribution in [0, 0.1) is 5.41 Å². The molecule has 0 unspecified atom stereocenters. The molecule has 0 aliphatic rings. The van der Waals surface area contributed by atoms with E-state index in [1.807, 2.05) is 0 Å². The van der Waals surface area contributed by atoms with Crippen molar-refractivity contribution < 1.29 is 19.1 Å². The first kappa shape index (κ1) is 18.9. The van der Waals surface area contributed by atoms with Crippen molar-refractivity contribution in [1.29, 1.82) is 0 Å². The monoisotopic (exact) mass is 286 g/mol. The van der Waals surface area contributed by atoms with Gasteiger partial charge in [-0.2, -0.15) is 0 Å². The third-order valence-corrected chi connectivity index (χ3v) is 3.48. The van der Waals surface area contributed by atoms with Gasteiger partial charge in [-0.15, -0.1) is 0 Å². The molecular formula is C16H30O4. The Balaban J connectivity index is 4.39. The molecule has 4 heteroatoms. The molecule has 4 nitrogen and oxygen atoms in total. The fraction of sp³-hybridized carbons (Fsp3) is 0.875. The van der Waals surface area contributed by atoms with Crippen molar-refractivity contribution in [2.45, 2.75) is 72.6 Å². The Morgan fingerprint density at radius 2 is 1.25 bits per heavy atom. The summed E-state index contributed by atoms with van der Waals surface area (Å²) in [6, 6.07) is 0. The molecule has 0 saturated heterocycles. The third-order valence-electron chi connectivity index (χ3n) is 3.48. The number of carbonyl (C=O) groups is 2. The van der Waals surface area contributed by atoms with Crippen LogP contribution >= 0.6 is 0 Å². The van der Waals surface area contributed by atoms with Gasteiger partial charge in [0, 0.05) is 0 Å². The molecule has 0 N–H and O–H groups in total. The lowest BCUT2D eigenvalue weighted by Crippen LogP contribution is -2.39. The highest BCUT2D eigenvalue weighted by Crippen LogP contribution is 2.28. The first-order valence-electron chi connectivity index (χ1n) is 7.87. The highest BCUT2D eigenvalue weighted by Gasteiger charge is 2.43. The molecule has 0 aromatic heterocycles. The lowest BCUT2D eigenvalue weighted by Gasteiger charge is -2.24. The molecule has 0 aromatic rings. The standard InChI is InChI=1S/C16H30O4/c1-5-8-9-10-11-12-13-16(4,14(17)19-6-2)15(18)20-7-3/h5-13H2,1-4H3. The van der Waals surface area contributed by atoms with Crippen LogP contribution in [0.2, 0.25) is 0 Å². The maximum atomic E-state index is 12.0. The van der Waals surface area contributed by atoms with Gasteiger partial charge in [-0.3, -0.25) is 9.59 Å². The van der Waals surface area contributed by atoms with Crippen molar-refractivity contribution in [1.82, 2.24) is 0 Å². The molecule has 0 rings (SSSR count). The van der Waals surface area contributed by atoms with Crippen LogP contribution in [0.5, 0.6) is 0 Å². The molecule has 0 aromatic carbocycles. The summed E-state index contributed by atoms with van der Waals surface area (Å²) >= 11 is 0. The maximum Gasteiger partial charge on any atom is 0.323 e. The second-order valence-corrected chi connectivity index (χ2v) is 5.29. The van der Waals surface area contributed by atoms with Gasteiger partial charge in [0.25, 0.3) is 0 Å². The van der Waals surface area contributed by atoms with Gasteiger partial charge in [-0.1, -0.05) is 45.4 Å². The minimum Gasteiger partial charge on any atom is -0.465 e. The van der Waals surface area contributed by atoms with E-state index < -0.39 is 17.4 Å². The third kappa shape index (κ3) is 6.40. The molecule has 0 spiro atoms. The van der Waals surface area contributed by atoms with Gasteiger partial charge < -0.3 is 9.47 Å². The Morgan fingerprint density at radius 1 is 0.800 bits per heavy atom. The number of rotatable bonds is 11. The number of esters is 2. The average molecular weight is 286 g/mol. The molecule has 0 aliphatic carbocycles. The van der Waals surface area contributed by atoms with E-state index in [9.17, 15) is 9.59 Å². The van der Waals surface area contributed by atoms with Gasteiger partial charge in [0.05, 0.1) is 13.2 Å². The zero-order valence-corrected chi connectivity index (χ0v) is 13.5. The summed E-state index contributed by atoms with van der Waals surface area (Å²) in [4.78, 5) is 24.0. The van der Waals surface area contributed by atoms with Crippen LogP contribution in [0.15, 0.2) is 0 Å². The Hall–Kier alpha value is -1.06. The molecule has 0 radical (unpaired) electrons. The molecule has 0 fully saturated rings. The van der Waals surface area contributed by atoms with E-state index in [2.05, 4.69) is 6.92 Å². The van der Waals surface area contributed by atoms with Gasteiger partial charge in [-0.05, 0) is 27.2 Å². The van der Waals surface area contributed by atoms with Crippen LogP contribution < -0.4 is 0 Å². The van der Waals surface area contributed by atoms with E-state index >= 15 is 0 Å². The fourth-order valence-electron chi connectivity index (χ4n) is 2.13. The van der Waals surface area contributed by atoms with Crippen molar-refractivity contribution in [2.24, 2.45) is 5.41 Å². The van der Waals surface area contributed by atoms with Gasteiger partial charge in [-0.25, -0.2) is 0 Å². The lowest BCUT2D eigenvalue weighted by molar-refractivity contribution is -0.171. The summed E-state index contributed by atoms with van der Waals surface area (Å²) in [7, 11) is 0. The van der Waals surface area contributed by atoms with Gasteiger partial charge in [0.1, 0.15) is 0 Å². The minimum absolute atomic E-state index is 0.282. The predicted octanol–water partition coefficient (Wildman–Crippen LogP) is 3.87. The van der Waals surface area contributed by atoms with Gasteiger partial charge in [0.15, 0.2) is 5.41 Å². The Morgan fingerprint density at radius 3 is 1.70 bits per heavy atom. The van der Waals surface area contributed by atoms with Crippen molar-refractivity contribution in [2.75, 3.05) is 13.2 Å². The number of hydrogen-bond donors (Lipinski definition) is 0. The summed E-state index contributed by atoms with van der Waals surface area (Å²) in [6.45, 7) is 7.87. The van der Waals surface area contributed by atoms with Crippen molar-refractivity contribution in [3.05, 3.63) is 0 Å². The number of carbonyl (C=O) groups excluding carboxylic acids is 2. The number of hydrogen-bond acceptors (Lipinski definition) is 4. The average Bonchev–Trinajstić information content (AvgIpc) is 2.42. The molecule has 20 heavy (non-hydrogen) atoms. The van der Waals surface area contributed by atoms with Crippen LogP contribution in [-0.4, -0.2) is 25.2 Å². The van der Waals surface area contributed by atoms with E-state index in [4.69, 9.17) is 9.47 Å². The topological polar surface area (TPSA) is 52.6 Å². The minimum atomic E-state index is -1.16. The zero-order valence-electron chi connectivity index (χ0n) is 13.5. The van der Waals surface area contributed by atoms with Crippen LogP contribution in [0.1, 0.15) is 72.6 Å². The Bertz CT molecular complexity index is 268. The van der Waals surface area contributed by atoms with E-state index in [0.29, 0.717) is 6.42 Å². The summed E-state index contributed by atoms with van der Waals surface area (Å²) in [5, 5.41) is 0. The summed E-state index contributed by atoms with van der Waals surface area (Å²) in [5.41, 5.74) is -1.16.